The average molecular weight is 190 g/mol. The standard InChI is InChI=1S/C13H18O/c1-11-6-4-5-7-12(11)8-9-13(2,3)10-14/h4-7,10H,8-9H2,1-3H3. The third-order valence-corrected chi connectivity index (χ3v) is 2.62. The highest BCUT2D eigenvalue weighted by Crippen LogP contribution is 2.21. The molecule has 0 aliphatic heterocycles. The lowest BCUT2D eigenvalue weighted by atomic mass is 9.87. The largest absolute Gasteiger partial charge is 0.303 e. The van der Waals surface area contributed by atoms with Crippen LogP contribution in [0.4, 0.5) is 0 Å². The monoisotopic (exact) mass is 190 g/mol. The molecule has 0 aliphatic rings. The van der Waals surface area contributed by atoms with Gasteiger partial charge in [0.1, 0.15) is 6.29 Å². The van der Waals surface area contributed by atoms with E-state index in [1.54, 1.807) is 0 Å². The van der Waals surface area contributed by atoms with E-state index in [1.807, 2.05) is 19.9 Å². The molecule has 0 aliphatic carbocycles. The molecule has 0 unspecified atom stereocenters. The van der Waals surface area contributed by atoms with Gasteiger partial charge in [0.05, 0.1) is 0 Å². The van der Waals surface area contributed by atoms with Gasteiger partial charge in [-0.2, -0.15) is 0 Å². The normalized spacial score (nSPS) is 11.4. The molecule has 1 rings (SSSR count). The summed E-state index contributed by atoms with van der Waals surface area (Å²) in [5.74, 6) is 0. The molecule has 0 aromatic heterocycles. The van der Waals surface area contributed by atoms with Gasteiger partial charge in [-0.25, -0.2) is 0 Å². The lowest BCUT2D eigenvalue weighted by Crippen LogP contribution is -2.14. The fourth-order valence-electron chi connectivity index (χ4n) is 1.41. The Bertz CT molecular complexity index is 313. The van der Waals surface area contributed by atoms with Crippen molar-refractivity contribution in [1.82, 2.24) is 0 Å². The molecule has 0 N–H and O–H groups in total. The van der Waals surface area contributed by atoms with E-state index in [4.69, 9.17) is 0 Å². The van der Waals surface area contributed by atoms with Gasteiger partial charge in [0, 0.05) is 5.41 Å². The van der Waals surface area contributed by atoms with Crippen LogP contribution in [-0.2, 0) is 11.2 Å². The molecule has 0 amide bonds. The third-order valence-electron chi connectivity index (χ3n) is 2.62. The van der Waals surface area contributed by atoms with E-state index in [9.17, 15) is 4.79 Å². The first-order chi connectivity index (χ1) is 6.55. The van der Waals surface area contributed by atoms with Crippen LogP contribution < -0.4 is 0 Å². The van der Waals surface area contributed by atoms with E-state index >= 15 is 0 Å². The predicted molar refractivity (Wildman–Crippen MR) is 59.3 cm³/mol. The molecule has 0 atom stereocenters. The molecule has 1 aromatic carbocycles. The molecule has 1 aromatic rings. The second kappa shape index (κ2) is 4.41. The van der Waals surface area contributed by atoms with Gasteiger partial charge in [0.25, 0.3) is 0 Å². The van der Waals surface area contributed by atoms with Crippen LogP contribution in [0.5, 0.6) is 0 Å². The van der Waals surface area contributed by atoms with E-state index in [2.05, 4.69) is 25.1 Å². The van der Waals surface area contributed by atoms with Crippen LogP contribution in [0.25, 0.3) is 0 Å². The summed E-state index contributed by atoms with van der Waals surface area (Å²) in [4.78, 5) is 10.7. The smallest absolute Gasteiger partial charge is 0.125 e. The topological polar surface area (TPSA) is 17.1 Å². The highest BCUT2D eigenvalue weighted by atomic mass is 16.1. The van der Waals surface area contributed by atoms with Crippen molar-refractivity contribution >= 4 is 6.29 Å². The SMILES string of the molecule is Cc1ccccc1CCC(C)(C)C=O. The number of carbonyl (C=O) groups is 1. The molecule has 0 spiro atoms. The highest BCUT2D eigenvalue weighted by molar-refractivity contribution is 5.57. The molecule has 0 saturated heterocycles. The number of hydrogen-bond acceptors (Lipinski definition) is 1. The van der Waals surface area contributed by atoms with Gasteiger partial charge >= 0.3 is 0 Å². The zero-order chi connectivity index (χ0) is 10.6. The third kappa shape index (κ3) is 2.99. The van der Waals surface area contributed by atoms with E-state index in [0.29, 0.717) is 0 Å². The Balaban J connectivity index is 2.62. The molecular formula is C13H18O. The Morgan fingerprint density at radius 3 is 2.50 bits per heavy atom. The molecular weight excluding hydrogens is 172 g/mol. The van der Waals surface area contributed by atoms with E-state index in [0.717, 1.165) is 19.1 Å². The average Bonchev–Trinajstić information content (AvgIpc) is 2.17. The van der Waals surface area contributed by atoms with Crippen molar-refractivity contribution in [2.75, 3.05) is 0 Å². The predicted octanol–water partition coefficient (Wildman–Crippen LogP) is 3.15. The van der Waals surface area contributed by atoms with Crippen molar-refractivity contribution in [3.8, 4) is 0 Å². The fraction of sp³-hybridized carbons (Fsp3) is 0.462. The van der Waals surface area contributed by atoms with E-state index in [-0.39, 0.29) is 5.41 Å². The summed E-state index contributed by atoms with van der Waals surface area (Å²) in [6.45, 7) is 6.08. The van der Waals surface area contributed by atoms with Crippen LogP contribution in [0.2, 0.25) is 0 Å². The first-order valence-corrected chi connectivity index (χ1v) is 5.06. The lowest BCUT2D eigenvalue weighted by molar-refractivity contribution is -0.114. The molecule has 1 heteroatoms. The first kappa shape index (κ1) is 11.0. The van der Waals surface area contributed by atoms with Crippen molar-refractivity contribution in [3.63, 3.8) is 0 Å². The number of aryl methyl sites for hydroxylation is 2. The quantitative estimate of drug-likeness (QED) is 0.666. The van der Waals surface area contributed by atoms with Crippen molar-refractivity contribution in [2.24, 2.45) is 5.41 Å². The van der Waals surface area contributed by atoms with Gasteiger partial charge in [-0.05, 0) is 30.9 Å². The van der Waals surface area contributed by atoms with Crippen molar-refractivity contribution in [2.45, 2.75) is 33.6 Å². The molecule has 0 radical (unpaired) electrons. The van der Waals surface area contributed by atoms with Crippen LogP contribution in [0.15, 0.2) is 24.3 Å². The summed E-state index contributed by atoms with van der Waals surface area (Å²) in [5.41, 5.74) is 2.47. The maximum atomic E-state index is 10.7. The molecule has 0 bridgehead atoms. The van der Waals surface area contributed by atoms with Crippen LogP contribution in [0.1, 0.15) is 31.4 Å². The summed E-state index contributed by atoms with van der Waals surface area (Å²) in [7, 11) is 0. The Hall–Kier alpha value is -1.11. The fourth-order valence-corrected chi connectivity index (χ4v) is 1.41. The second-order valence-corrected chi connectivity index (χ2v) is 4.53. The minimum Gasteiger partial charge on any atom is -0.303 e. The van der Waals surface area contributed by atoms with Crippen LogP contribution in [0.3, 0.4) is 0 Å². The highest BCUT2D eigenvalue weighted by Gasteiger charge is 2.16. The van der Waals surface area contributed by atoms with Gasteiger partial charge in [-0.15, -0.1) is 0 Å². The lowest BCUT2D eigenvalue weighted by Gasteiger charge is -2.16. The van der Waals surface area contributed by atoms with E-state index in [1.165, 1.54) is 11.1 Å². The second-order valence-electron chi connectivity index (χ2n) is 4.53. The van der Waals surface area contributed by atoms with Gasteiger partial charge in [-0.1, -0.05) is 38.1 Å². The summed E-state index contributed by atoms with van der Waals surface area (Å²) >= 11 is 0. The first-order valence-electron chi connectivity index (χ1n) is 5.06. The van der Waals surface area contributed by atoms with Gasteiger partial charge in [-0.3, -0.25) is 0 Å². The Labute approximate surface area is 86.1 Å². The van der Waals surface area contributed by atoms with Gasteiger partial charge in [0.15, 0.2) is 0 Å². The van der Waals surface area contributed by atoms with Crippen LogP contribution in [0, 0.1) is 12.3 Å². The van der Waals surface area contributed by atoms with Gasteiger partial charge < -0.3 is 4.79 Å². The minimum absolute atomic E-state index is 0.192. The zero-order valence-corrected chi connectivity index (χ0v) is 9.21. The Morgan fingerprint density at radius 2 is 1.93 bits per heavy atom. The summed E-state index contributed by atoms with van der Waals surface area (Å²) in [6, 6.07) is 8.35. The van der Waals surface area contributed by atoms with Crippen LogP contribution in [-0.4, -0.2) is 6.29 Å². The van der Waals surface area contributed by atoms with Crippen molar-refractivity contribution in [1.29, 1.82) is 0 Å². The number of rotatable bonds is 4. The van der Waals surface area contributed by atoms with E-state index < -0.39 is 0 Å². The maximum Gasteiger partial charge on any atom is 0.125 e. The van der Waals surface area contributed by atoms with Crippen molar-refractivity contribution in [3.05, 3.63) is 35.4 Å². The number of aldehydes is 1. The number of benzene rings is 1. The molecule has 0 heterocycles. The van der Waals surface area contributed by atoms with Crippen LogP contribution >= 0.6 is 0 Å². The maximum absolute atomic E-state index is 10.7. The molecule has 76 valence electrons. The zero-order valence-electron chi connectivity index (χ0n) is 9.21. The molecule has 0 saturated carbocycles. The molecule has 0 fully saturated rings. The minimum atomic E-state index is -0.192. The molecule has 1 nitrogen and oxygen atoms in total. The number of carbonyl (C=O) groups excluding carboxylic acids is 1. The summed E-state index contributed by atoms with van der Waals surface area (Å²) < 4.78 is 0. The summed E-state index contributed by atoms with van der Waals surface area (Å²) in [6.07, 6.45) is 2.95. The Kier molecular flexibility index (Phi) is 3.45. The molecule has 14 heavy (non-hydrogen) atoms. The Morgan fingerprint density at radius 1 is 1.29 bits per heavy atom. The summed E-state index contributed by atoms with van der Waals surface area (Å²) in [5, 5.41) is 0. The number of hydrogen-bond donors (Lipinski definition) is 0. The van der Waals surface area contributed by atoms with Crippen molar-refractivity contribution < 1.29 is 4.79 Å². The van der Waals surface area contributed by atoms with Gasteiger partial charge in [0.2, 0.25) is 0 Å².